The minimum Gasteiger partial charge on any atom is -0.497 e. The summed E-state index contributed by atoms with van der Waals surface area (Å²) in [5.74, 6) is 3.31. The zero-order valence-electron chi connectivity index (χ0n) is 16.0. The number of hydrogen-bond acceptors (Lipinski definition) is 5. The van der Waals surface area contributed by atoms with Gasteiger partial charge in [0, 0.05) is 20.0 Å². The minimum absolute atomic E-state index is 0. The highest BCUT2D eigenvalue weighted by molar-refractivity contribution is 14.0. The number of furan rings is 1. The molecule has 0 aliphatic carbocycles. The summed E-state index contributed by atoms with van der Waals surface area (Å²) in [6, 6.07) is 11.7. The van der Waals surface area contributed by atoms with Crippen LogP contribution < -0.4 is 15.4 Å². The lowest BCUT2D eigenvalue weighted by atomic mass is 10.2. The van der Waals surface area contributed by atoms with Gasteiger partial charge in [-0.05, 0) is 29.8 Å². The largest absolute Gasteiger partial charge is 0.497 e. The molecule has 3 aromatic rings. The van der Waals surface area contributed by atoms with Crippen LogP contribution in [0, 0.1) is 0 Å². The third-order valence-electron chi connectivity index (χ3n) is 4.04. The second-order valence-electron chi connectivity index (χ2n) is 5.92. The number of aliphatic imine (C=N–C) groups is 1. The molecule has 0 saturated heterocycles. The highest BCUT2D eigenvalue weighted by atomic mass is 127. The lowest BCUT2D eigenvalue weighted by Gasteiger charge is -2.12. The van der Waals surface area contributed by atoms with E-state index in [0.29, 0.717) is 25.6 Å². The van der Waals surface area contributed by atoms with Crippen molar-refractivity contribution in [2.75, 3.05) is 13.7 Å². The molecule has 2 N–H and O–H groups in total. The molecule has 8 nitrogen and oxygen atoms in total. The summed E-state index contributed by atoms with van der Waals surface area (Å²) < 4.78 is 12.3. The van der Waals surface area contributed by atoms with Crippen molar-refractivity contribution in [2.45, 2.75) is 19.5 Å². The normalized spacial score (nSPS) is 11.0. The summed E-state index contributed by atoms with van der Waals surface area (Å²) in [7, 11) is 3.52. The third kappa shape index (κ3) is 6.55. The molecule has 2 aromatic heterocycles. The lowest BCUT2D eigenvalue weighted by Crippen LogP contribution is -2.38. The Labute approximate surface area is 181 Å². The molecule has 28 heavy (non-hydrogen) atoms. The van der Waals surface area contributed by atoms with Gasteiger partial charge in [0.25, 0.3) is 0 Å². The number of halogens is 1. The lowest BCUT2D eigenvalue weighted by molar-refractivity contribution is 0.414. The van der Waals surface area contributed by atoms with Crippen LogP contribution in [0.1, 0.15) is 17.1 Å². The van der Waals surface area contributed by atoms with E-state index in [-0.39, 0.29) is 24.0 Å². The van der Waals surface area contributed by atoms with Gasteiger partial charge in [0.15, 0.2) is 5.96 Å². The van der Waals surface area contributed by atoms with Crippen molar-refractivity contribution in [3.63, 3.8) is 0 Å². The van der Waals surface area contributed by atoms with E-state index in [1.165, 1.54) is 6.33 Å². The van der Waals surface area contributed by atoms with Gasteiger partial charge in [-0.15, -0.1) is 24.0 Å². The molecular weight excluding hydrogens is 471 g/mol. The van der Waals surface area contributed by atoms with Gasteiger partial charge in [-0.25, -0.2) is 9.98 Å². The van der Waals surface area contributed by atoms with Gasteiger partial charge in [0.05, 0.1) is 26.5 Å². The van der Waals surface area contributed by atoms with Crippen molar-refractivity contribution in [3.05, 3.63) is 66.1 Å². The van der Waals surface area contributed by atoms with Crippen molar-refractivity contribution in [1.82, 2.24) is 25.4 Å². The van der Waals surface area contributed by atoms with E-state index in [1.807, 2.05) is 43.4 Å². The number of hydrogen-bond donors (Lipinski definition) is 2. The van der Waals surface area contributed by atoms with E-state index in [9.17, 15) is 0 Å². The molecule has 0 fully saturated rings. The maximum absolute atomic E-state index is 5.37. The van der Waals surface area contributed by atoms with E-state index in [0.717, 1.165) is 29.3 Å². The number of benzene rings is 1. The monoisotopic (exact) mass is 496 g/mol. The van der Waals surface area contributed by atoms with Crippen LogP contribution >= 0.6 is 24.0 Å². The zero-order valence-corrected chi connectivity index (χ0v) is 18.3. The standard InChI is InChI=1S/C19H24N6O2.HI/c1-25-18(23-14-24-25)13-22-19(20-10-9-17-4-3-11-27-17)21-12-15-5-7-16(26-2)8-6-15;/h3-8,11,14H,9-10,12-13H2,1-2H3,(H2,20,21,22);1H. The van der Waals surface area contributed by atoms with Crippen LogP contribution in [0.2, 0.25) is 0 Å². The zero-order chi connectivity index (χ0) is 18.9. The molecule has 0 spiro atoms. The molecule has 0 bridgehead atoms. The Hall–Kier alpha value is -2.56. The predicted molar refractivity (Wildman–Crippen MR) is 118 cm³/mol. The van der Waals surface area contributed by atoms with Crippen molar-refractivity contribution >= 4 is 29.9 Å². The SMILES string of the molecule is COc1ccc(CN=C(NCCc2ccco2)NCc2ncnn2C)cc1.I. The minimum atomic E-state index is 0. The molecule has 0 saturated carbocycles. The first-order chi connectivity index (χ1) is 13.2. The molecule has 0 aliphatic rings. The summed E-state index contributed by atoms with van der Waals surface area (Å²) in [6.07, 6.45) is 4.00. The maximum atomic E-state index is 5.37. The molecule has 0 amide bonds. The molecular formula is C19H25IN6O2. The topological polar surface area (TPSA) is 89.5 Å². The first kappa shape index (κ1) is 21.7. The Morgan fingerprint density at radius 3 is 2.68 bits per heavy atom. The van der Waals surface area contributed by atoms with Crippen molar-refractivity contribution in [3.8, 4) is 5.75 Å². The summed E-state index contributed by atoms with van der Waals surface area (Å²) in [5.41, 5.74) is 1.10. The van der Waals surface area contributed by atoms with Gasteiger partial charge >= 0.3 is 0 Å². The van der Waals surface area contributed by atoms with Crippen molar-refractivity contribution in [2.24, 2.45) is 12.0 Å². The van der Waals surface area contributed by atoms with E-state index in [1.54, 1.807) is 18.1 Å². The molecule has 0 radical (unpaired) electrons. The highest BCUT2D eigenvalue weighted by Crippen LogP contribution is 2.11. The summed E-state index contributed by atoms with van der Waals surface area (Å²) in [5, 5.41) is 10.7. The van der Waals surface area contributed by atoms with Crippen LogP contribution in [0.3, 0.4) is 0 Å². The Bertz CT molecular complexity index is 846. The van der Waals surface area contributed by atoms with Gasteiger partial charge in [-0.2, -0.15) is 5.10 Å². The van der Waals surface area contributed by atoms with Crippen LogP contribution in [0.15, 0.2) is 58.4 Å². The molecule has 1 aromatic carbocycles. The molecule has 150 valence electrons. The highest BCUT2D eigenvalue weighted by Gasteiger charge is 2.04. The summed E-state index contributed by atoms with van der Waals surface area (Å²) >= 11 is 0. The van der Waals surface area contributed by atoms with Gasteiger partial charge < -0.3 is 19.8 Å². The van der Waals surface area contributed by atoms with E-state index < -0.39 is 0 Å². The van der Waals surface area contributed by atoms with Gasteiger partial charge in [-0.3, -0.25) is 4.68 Å². The number of guanidine groups is 1. The summed E-state index contributed by atoms with van der Waals surface area (Å²) in [6.45, 7) is 1.80. The fourth-order valence-corrected chi connectivity index (χ4v) is 2.48. The molecule has 0 aliphatic heterocycles. The number of ether oxygens (including phenoxy) is 1. The number of nitrogens with one attached hydrogen (secondary N) is 2. The van der Waals surface area contributed by atoms with Crippen molar-refractivity contribution < 1.29 is 9.15 Å². The molecule has 9 heteroatoms. The van der Waals surface area contributed by atoms with Crippen LogP contribution in [0.4, 0.5) is 0 Å². The Kier molecular flexibility index (Phi) is 8.79. The van der Waals surface area contributed by atoms with Gasteiger partial charge in [0.2, 0.25) is 0 Å². The Morgan fingerprint density at radius 2 is 2.04 bits per heavy atom. The number of rotatable bonds is 8. The maximum Gasteiger partial charge on any atom is 0.191 e. The Morgan fingerprint density at radius 1 is 1.21 bits per heavy atom. The van der Waals surface area contributed by atoms with E-state index >= 15 is 0 Å². The second kappa shape index (κ2) is 11.3. The van der Waals surface area contributed by atoms with Gasteiger partial charge in [0.1, 0.15) is 23.7 Å². The first-order valence-corrected chi connectivity index (χ1v) is 8.75. The first-order valence-electron chi connectivity index (χ1n) is 8.75. The number of aryl methyl sites for hydroxylation is 1. The Balaban J connectivity index is 0.00000280. The van der Waals surface area contributed by atoms with Crippen LogP contribution in [-0.4, -0.2) is 34.4 Å². The number of aromatic nitrogens is 3. The number of nitrogens with zero attached hydrogens (tertiary/aromatic N) is 4. The second-order valence-corrected chi connectivity index (χ2v) is 5.92. The molecule has 3 rings (SSSR count). The predicted octanol–water partition coefficient (Wildman–Crippen LogP) is 2.51. The fourth-order valence-electron chi connectivity index (χ4n) is 2.48. The molecule has 2 heterocycles. The average molecular weight is 496 g/mol. The molecule has 0 unspecified atom stereocenters. The quantitative estimate of drug-likeness (QED) is 0.283. The van der Waals surface area contributed by atoms with Crippen molar-refractivity contribution in [1.29, 1.82) is 0 Å². The van der Waals surface area contributed by atoms with E-state index in [2.05, 4.69) is 25.7 Å². The van der Waals surface area contributed by atoms with Crippen LogP contribution in [-0.2, 0) is 26.6 Å². The van der Waals surface area contributed by atoms with Gasteiger partial charge in [-0.1, -0.05) is 12.1 Å². The average Bonchev–Trinajstić information content (AvgIpc) is 3.35. The van der Waals surface area contributed by atoms with Crippen LogP contribution in [0.5, 0.6) is 5.75 Å². The fraction of sp³-hybridized carbons (Fsp3) is 0.316. The molecule has 0 atom stereocenters. The summed E-state index contributed by atoms with van der Waals surface area (Å²) in [4.78, 5) is 8.89. The number of methoxy groups -OCH3 is 1. The smallest absolute Gasteiger partial charge is 0.191 e. The van der Waals surface area contributed by atoms with Crippen LogP contribution in [0.25, 0.3) is 0 Å². The van der Waals surface area contributed by atoms with E-state index in [4.69, 9.17) is 9.15 Å². The third-order valence-corrected chi connectivity index (χ3v) is 4.04.